The average molecular weight is 215 g/mol. The molecule has 1 unspecified atom stereocenters. The highest BCUT2D eigenvalue weighted by molar-refractivity contribution is 8.29. The summed E-state index contributed by atoms with van der Waals surface area (Å²) in [7, 11) is 0. The van der Waals surface area contributed by atoms with E-state index in [0.717, 1.165) is 10.9 Å². The largest absolute Gasteiger partial charge is 0.385 e. The average Bonchev–Trinajstić information content (AvgIpc) is 2.64. The number of fused-ring (bicyclic) bond motifs is 1. The van der Waals surface area contributed by atoms with E-state index in [1.807, 2.05) is 3.97 Å². The summed E-state index contributed by atoms with van der Waals surface area (Å²) >= 11 is -0.869. The SMILES string of the molecule is OC[SH]1C([C@@H]2C[C@H]2F)=Nc2cncn21. The molecule has 0 spiro atoms. The van der Waals surface area contributed by atoms with Crippen molar-refractivity contribution in [3.63, 3.8) is 0 Å². The van der Waals surface area contributed by atoms with Gasteiger partial charge in [0, 0.05) is 5.92 Å². The number of nitrogens with zero attached hydrogens (tertiary/aromatic N) is 3. The topological polar surface area (TPSA) is 50.4 Å². The van der Waals surface area contributed by atoms with Gasteiger partial charge in [-0.05, 0) is 6.42 Å². The molecule has 1 aliphatic heterocycles. The van der Waals surface area contributed by atoms with E-state index in [9.17, 15) is 9.50 Å². The molecule has 76 valence electrons. The molecule has 14 heavy (non-hydrogen) atoms. The molecule has 0 radical (unpaired) electrons. The number of aliphatic hydroxyl groups excluding tert-OH is 1. The van der Waals surface area contributed by atoms with Crippen LogP contribution in [0.5, 0.6) is 0 Å². The molecule has 1 N–H and O–H groups in total. The third-order valence-corrected chi connectivity index (χ3v) is 4.59. The zero-order valence-corrected chi connectivity index (χ0v) is 8.23. The normalized spacial score (nSPS) is 36.7. The number of aromatic nitrogens is 2. The minimum atomic E-state index is -0.869. The van der Waals surface area contributed by atoms with Gasteiger partial charge in [0.15, 0.2) is 5.82 Å². The fraction of sp³-hybridized carbons (Fsp3) is 0.500. The zero-order valence-electron chi connectivity index (χ0n) is 7.34. The van der Waals surface area contributed by atoms with Crippen molar-refractivity contribution in [1.82, 2.24) is 8.96 Å². The molecule has 1 aromatic heterocycles. The van der Waals surface area contributed by atoms with E-state index in [1.165, 1.54) is 0 Å². The third kappa shape index (κ3) is 1.04. The lowest BCUT2D eigenvalue weighted by molar-refractivity contribution is 0.373. The summed E-state index contributed by atoms with van der Waals surface area (Å²) in [5, 5.41) is 10.1. The Morgan fingerprint density at radius 1 is 1.71 bits per heavy atom. The summed E-state index contributed by atoms with van der Waals surface area (Å²) < 4.78 is 14.7. The Morgan fingerprint density at radius 3 is 3.14 bits per heavy atom. The van der Waals surface area contributed by atoms with Crippen molar-refractivity contribution in [3.8, 4) is 0 Å². The minimum Gasteiger partial charge on any atom is -0.385 e. The Hall–Kier alpha value is -0.880. The first-order valence-electron chi connectivity index (χ1n) is 4.45. The summed E-state index contributed by atoms with van der Waals surface area (Å²) in [5.41, 5.74) is 0. The maximum absolute atomic E-state index is 12.9. The second kappa shape index (κ2) is 2.80. The van der Waals surface area contributed by atoms with Gasteiger partial charge in [0.2, 0.25) is 0 Å². The fourth-order valence-electron chi connectivity index (χ4n) is 1.68. The van der Waals surface area contributed by atoms with Crippen molar-refractivity contribution >= 4 is 21.9 Å². The van der Waals surface area contributed by atoms with Gasteiger partial charge < -0.3 is 5.11 Å². The lowest BCUT2D eigenvalue weighted by Gasteiger charge is -2.16. The van der Waals surface area contributed by atoms with Gasteiger partial charge in [0.05, 0.1) is 17.2 Å². The molecule has 3 atom stereocenters. The van der Waals surface area contributed by atoms with Crippen molar-refractivity contribution in [3.05, 3.63) is 12.5 Å². The van der Waals surface area contributed by atoms with E-state index in [2.05, 4.69) is 9.98 Å². The van der Waals surface area contributed by atoms with Crippen LogP contribution < -0.4 is 0 Å². The van der Waals surface area contributed by atoms with Gasteiger partial charge in [0.25, 0.3) is 0 Å². The molecule has 4 nitrogen and oxygen atoms in total. The van der Waals surface area contributed by atoms with Crippen LogP contribution in [0.3, 0.4) is 0 Å². The molecule has 1 saturated carbocycles. The monoisotopic (exact) mass is 215 g/mol. The van der Waals surface area contributed by atoms with Crippen LogP contribution in [0.2, 0.25) is 0 Å². The first-order chi connectivity index (χ1) is 6.81. The molecule has 0 aromatic carbocycles. The Morgan fingerprint density at radius 2 is 2.50 bits per heavy atom. The Kier molecular flexibility index (Phi) is 1.69. The quantitative estimate of drug-likeness (QED) is 0.723. The molecule has 1 aliphatic carbocycles. The Balaban J connectivity index is 1.97. The van der Waals surface area contributed by atoms with Gasteiger partial charge in [-0.25, -0.2) is 14.4 Å². The fourth-order valence-corrected chi connectivity index (χ4v) is 3.58. The van der Waals surface area contributed by atoms with Gasteiger partial charge >= 0.3 is 0 Å². The summed E-state index contributed by atoms with van der Waals surface area (Å²) in [6.07, 6.45) is 3.12. The predicted octanol–water partition coefficient (Wildman–Crippen LogP) is 0.999. The molecular weight excluding hydrogens is 205 g/mol. The maximum atomic E-state index is 12.9. The van der Waals surface area contributed by atoms with E-state index in [-0.39, 0.29) is 11.9 Å². The van der Waals surface area contributed by atoms with E-state index >= 15 is 0 Å². The molecule has 2 heterocycles. The highest BCUT2D eigenvalue weighted by Crippen LogP contribution is 2.50. The minimum absolute atomic E-state index is 0.0285. The number of hydrogen-bond acceptors (Lipinski definition) is 3. The number of aliphatic hydroxyl groups is 1. The second-order valence-corrected chi connectivity index (χ2v) is 5.44. The van der Waals surface area contributed by atoms with Crippen LogP contribution in [0.15, 0.2) is 17.5 Å². The van der Waals surface area contributed by atoms with Crippen LogP contribution in [0.1, 0.15) is 6.42 Å². The second-order valence-electron chi connectivity index (χ2n) is 3.47. The summed E-state index contributed by atoms with van der Waals surface area (Å²) in [5.74, 6) is 0.730. The number of hydrogen-bond donors (Lipinski definition) is 2. The first kappa shape index (κ1) is 8.43. The number of alkyl halides is 1. The lowest BCUT2D eigenvalue weighted by atomic mass is 10.4. The van der Waals surface area contributed by atoms with Crippen LogP contribution in [-0.2, 0) is 0 Å². The summed E-state index contributed by atoms with van der Waals surface area (Å²) in [6, 6.07) is 0. The van der Waals surface area contributed by atoms with E-state index in [4.69, 9.17) is 0 Å². The molecule has 3 rings (SSSR count). The zero-order chi connectivity index (χ0) is 9.71. The molecule has 0 bridgehead atoms. The highest BCUT2D eigenvalue weighted by atomic mass is 32.2. The van der Waals surface area contributed by atoms with E-state index in [1.54, 1.807) is 12.5 Å². The van der Waals surface area contributed by atoms with Gasteiger partial charge in [-0.2, -0.15) is 0 Å². The first-order valence-corrected chi connectivity index (χ1v) is 5.93. The van der Waals surface area contributed by atoms with Gasteiger partial charge in [-0.15, -0.1) is 11.1 Å². The van der Waals surface area contributed by atoms with Crippen LogP contribution in [-0.4, -0.2) is 31.2 Å². The van der Waals surface area contributed by atoms with Crippen molar-refractivity contribution in [2.75, 3.05) is 5.94 Å². The Labute approximate surface area is 83.0 Å². The number of imidazole rings is 1. The molecule has 2 aliphatic rings. The van der Waals surface area contributed by atoms with Gasteiger partial charge in [-0.1, -0.05) is 0 Å². The van der Waals surface area contributed by atoms with Crippen LogP contribution in [0.25, 0.3) is 0 Å². The van der Waals surface area contributed by atoms with Crippen molar-refractivity contribution in [2.45, 2.75) is 12.6 Å². The maximum Gasteiger partial charge on any atom is 0.162 e. The van der Waals surface area contributed by atoms with Gasteiger partial charge in [-0.3, -0.25) is 3.97 Å². The number of aliphatic imine (C=N–C) groups is 1. The van der Waals surface area contributed by atoms with Crippen LogP contribution in [0.4, 0.5) is 10.2 Å². The number of rotatable bonds is 2. The van der Waals surface area contributed by atoms with Crippen molar-refractivity contribution in [2.24, 2.45) is 10.9 Å². The summed E-state index contributed by atoms with van der Waals surface area (Å²) in [4.78, 5) is 8.26. The van der Waals surface area contributed by atoms with Gasteiger partial charge in [0.1, 0.15) is 12.5 Å². The molecule has 0 amide bonds. The molecular formula is C8H10FN3OS. The smallest absolute Gasteiger partial charge is 0.162 e. The third-order valence-electron chi connectivity index (χ3n) is 2.53. The van der Waals surface area contributed by atoms with Crippen LogP contribution in [0, 0.1) is 5.92 Å². The molecule has 1 fully saturated rings. The Bertz CT molecular complexity index is 405. The summed E-state index contributed by atoms with van der Waals surface area (Å²) in [6.45, 7) is 0. The highest BCUT2D eigenvalue weighted by Gasteiger charge is 2.45. The molecule has 6 heteroatoms. The van der Waals surface area contributed by atoms with E-state index in [0.29, 0.717) is 6.42 Å². The molecule has 0 saturated heterocycles. The van der Waals surface area contributed by atoms with E-state index < -0.39 is 17.3 Å². The predicted molar refractivity (Wildman–Crippen MR) is 53.8 cm³/mol. The number of halogens is 1. The van der Waals surface area contributed by atoms with Crippen molar-refractivity contribution < 1.29 is 9.50 Å². The van der Waals surface area contributed by atoms with Crippen LogP contribution >= 0.6 is 11.1 Å². The van der Waals surface area contributed by atoms with Crippen molar-refractivity contribution in [1.29, 1.82) is 0 Å². The lowest BCUT2D eigenvalue weighted by Crippen LogP contribution is -2.07. The number of thiol groups is 1. The molecule has 1 aromatic rings. The standard InChI is InChI=1S/C8H10FN3OS/c9-6-1-5(6)8-11-7-2-10-3-12(7)14(8)4-13/h2-3,5-6,13-14H,1,4H2/t5-,6-/m1/s1.